The monoisotopic (exact) mass is 414 g/mol. The fraction of sp³-hybridized carbons (Fsp3) is 0.471. The number of nitrogens with zero attached hydrogens (tertiary/aromatic N) is 1. The number of aliphatic carboxylic acids is 1. The van der Waals surface area contributed by atoms with E-state index in [-0.39, 0.29) is 12.8 Å². The maximum absolute atomic E-state index is 12.1. The van der Waals surface area contributed by atoms with E-state index in [1.165, 1.54) is 0 Å². The summed E-state index contributed by atoms with van der Waals surface area (Å²) >= 11 is 0. The number of carboxylic acid groups (broad SMARTS) is 1. The predicted molar refractivity (Wildman–Crippen MR) is 104 cm³/mol. The summed E-state index contributed by atoms with van der Waals surface area (Å²) < 4.78 is 30.0. The first-order valence-electron chi connectivity index (χ1n) is 8.65. The van der Waals surface area contributed by atoms with Gasteiger partial charge in [0.05, 0.1) is 6.26 Å². The lowest BCUT2D eigenvalue weighted by Crippen LogP contribution is -2.46. The molecule has 1 aromatic carbocycles. The summed E-state index contributed by atoms with van der Waals surface area (Å²) in [4.78, 5) is 22.8. The number of carboxylic acids is 1. The molecule has 0 aliphatic rings. The molecule has 0 fully saturated rings. The lowest BCUT2D eigenvalue weighted by atomic mass is 10.1. The fourth-order valence-corrected chi connectivity index (χ4v) is 3.13. The van der Waals surface area contributed by atoms with Gasteiger partial charge in [-0.25, -0.2) is 13.1 Å². The second-order valence-electron chi connectivity index (χ2n) is 6.14. The number of carbonyl (C=O) groups is 2. The van der Waals surface area contributed by atoms with Crippen LogP contribution in [0.4, 0.5) is 0 Å². The zero-order valence-corrected chi connectivity index (χ0v) is 16.4. The number of nitrogens with one attached hydrogen (secondary N) is 2. The molecule has 156 valence electrons. The minimum absolute atomic E-state index is 0.114. The van der Waals surface area contributed by atoms with Gasteiger partial charge < -0.3 is 21.0 Å². The zero-order valence-electron chi connectivity index (χ0n) is 15.6. The maximum Gasteiger partial charge on any atom is 0.303 e. The van der Waals surface area contributed by atoms with Crippen LogP contribution in [0.2, 0.25) is 0 Å². The molecule has 0 bridgehead atoms. The third-order valence-electron chi connectivity index (χ3n) is 3.68. The van der Waals surface area contributed by atoms with E-state index in [4.69, 9.17) is 15.7 Å². The standard InChI is InChI=1S/C17H26N4O6S/c1-28(25,26)21-15(9-10-16(22)23)17(24)19-11-3-2-4-13-5-7-14(8-6-13)27-12-20-18/h5-8,12,15,21H,2-4,9-11,18H2,1H3,(H,19,24)(H,22,23)/t15-/m1/s1. The number of amides is 1. The molecule has 28 heavy (non-hydrogen) atoms. The van der Waals surface area contributed by atoms with Crippen molar-refractivity contribution in [2.75, 3.05) is 12.8 Å². The number of benzene rings is 1. The number of ether oxygens (including phenoxy) is 1. The van der Waals surface area contributed by atoms with E-state index in [0.717, 1.165) is 31.1 Å². The quantitative estimate of drug-likeness (QED) is 0.118. The van der Waals surface area contributed by atoms with Crippen LogP contribution >= 0.6 is 0 Å². The van der Waals surface area contributed by atoms with Crippen LogP contribution in [0.15, 0.2) is 29.4 Å². The highest BCUT2D eigenvalue weighted by Crippen LogP contribution is 2.13. The third-order valence-corrected chi connectivity index (χ3v) is 4.40. The van der Waals surface area contributed by atoms with Gasteiger partial charge >= 0.3 is 5.97 Å². The first-order chi connectivity index (χ1) is 13.2. The Morgan fingerprint density at radius 1 is 1.29 bits per heavy atom. The van der Waals surface area contributed by atoms with Crippen LogP contribution < -0.4 is 20.6 Å². The van der Waals surface area contributed by atoms with Crippen molar-refractivity contribution in [1.82, 2.24) is 10.0 Å². The highest BCUT2D eigenvalue weighted by Gasteiger charge is 2.22. The van der Waals surface area contributed by atoms with E-state index < -0.39 is 27.9 Å². The summed E-state index contributed by atoms with van der Waals surface area (Å²) in [6.07, 6.45) is 3.94. The highest BCUT2D eigenvalue weighted by molar-refractivity contribution is 7.88. The van der Waals surface area contributed by atoms with Crippen LogP contribution in [0.1, 0.15) is 31.2 Å². The molecule has 0 aliphatic heterocycles. The summed E-state index contributed by atoms with van der Waals surface area (Å²) in [7, 11) is -3.63. The van der Waals surface area contributed by atoms with Gasteiger partial charge in [-0.15, -0.1) is 0 Å². The fourth-order valence-electron chi connectivity index (χ4n) is 2.38. The van der Waals surface area contributed by atoms with Gasteiger partial charge in [0.15, 0.2) is 6.40 Å². The van der Waals surface area contributed by atoms with Gasteiger partial charge in [-0.1, -0.05) is 12.1 Å². The average molecular weight is 414 g/mol. The topological polar surface area (TPSA) is 160 Å². The van der Waals surface area contributed by atoms with Crippen molar-refractivity contribution in [2.24, 2.45) is 10.9 Å². The van der Waals surface area contributed by atoms with Gasteiger partial charge in [-0.2, -0.15) is 5.10 Å². The van der Waals surface area contributed by atoms with E-state index in [1.54, 1.807) is 12.1 Å². The van der Waals surface area contributed by atoms with Crippen LogP contribution in [0, 0.1) is 0 Å². The number of hydrogen-bond donors (Lipinski definition) is 4. The molecule has 1 atom stereocenters. The minimum atomic E-state index is -3.63. The number of nitrogens with two attached hydrogens (primary N) is 1. The lowest BCUT2D eigenvalue weighted by molar-refractivity contribution is -0.137. The molecule has 0 radical (unpaired) electrons. The number of carbonyl (C=O) groups excluding carboxylic acids is 1. The molecule has 11 heteroatoms. The molecule has 0 heterocycles. The molecule has 10 nitrogen and oxygen atoms in total. The van der Waals surface area contributed by atoms with Crippen molar-refractivity contribution in [3.63, 3.8) is 0 Å². The number of rotatable bonds is 13. The van der Waals surface area contributed by atoms with Crippen molar-refractivity contribution >= 4 is 28.3 Å². The van der Waals surface area contributed by atoms with Gasteiger partial charge in [-0.3, -0.25) is 9.59 Å². The number of unbranched alkanes of at least 4 members (excludes halogenated alkanes) is 1. The molecule has 0 aliphatic carbocycles. The Bertz CT molecular complexity index is 764. The van der Waals surface area contributed by atoms with Crippen molar-refractivity contribution in [2.45, 2.75) is 38.1 Å². The van der Waals surface area contributed by atoms with E-state index >= 15 is 0 Å². The number of hydrogen-bond acceptors (Lipinski definition) is 7. The lowest BCUT2D eigenvalue weighted by Gasteiger charge is -2.16. The molecule has 0 spiro atoms. The number of hydrazone groups is 1. The Labute approximate surface area is 164 Å². The van der Waals surface area contributed by atoms with Crippen LogP contribution in [0.25, 0.3) is 0 Å². The third kappa shape index (κ3) is 10.5. The largest absolute Gasteiger partial charge is 0.481 e. The van der Waals surface area contributed by atoms with Gasteiger partial charge in [0.25, 0.3) is 0 Å². The second-order valence-corrected chi connectivity index (χ2v) is 7.92. The molecule has 1 rings (SSSR count). The van der Waals surface area contributed by atoms with Crippen molar-refractivity contribution < 1.29 is 27.9 Å². The average Bonchev–Trinajstić information content (AvgIpc) is 2.63. The van der Waals surface area contributed by atoms with Gasteiger partial charge in [0.2, 0.25) is 15.9 Å². The summed E-state index contributed by atoms with van der Waals surface area (Å²) in [6.45, 7) is 0.363. The van der Waals surface area contributed by atoms with Crippen molar-refractivity contribution in [3.8, 4) is 5.75 Å². The highest BCUT2D eigenvalue weighted by atomic mass is 32.2. The SMILES string of the molecule is CS(=O)(=O)N[C@H](CCC(=O)O)C(=O)NCCCCc1ccc(OC=NN)cc1. The molecular weight excluding hydrogens is 388 g/mol. The molecule has 5 N–H and O–H groups in total. The van der Waals surface area contributed by atoms with Crippen LogP contribution in [-0.4, -0.2) is 50.6 Å². The van der Waals surface area contributed by atoms with Crippen LogP contribution in [0.5, 0.6) is 5.75 Å². The molecule has 0 aromatic heterocycles. The summed E-state index contributed by atoms with van der Waals surface area (Å²) in [5.74, 6) is 3.95. The number of sulfonamides is 1. The second kappa shape index (κ2) is 11.9. The Hall–Kier alpha value is -2.66. The summed E-state index contributed by atoms with van der Waals surface area (Å²) in [5.41, 5.74) is 1.10. The molecule has 0 saturated heterocycles. The van der Waals surface area contributed by atoms with E-state index in [0.29, 0.717) is 18.7 Å². The molecule has 1 aromatic rings. The summed E-state index contributed by atoms with van der Waals surface area (Å²) in [5, 5.41) is 14.6. The van der Waals surface area contributed by atoms with Crippen molar-refractivity contribution in [3.05, 3.63) is 29.8 Å². The zero-order chi connectivity index (χ0) is 21.0. The minimum Gasteiger partial charge on any atom is -0.481 e. The first-order valence-corrected chi connectivity index (χ1v) is 10.5. The smallest absolute Gasteiger partial charge is 0.303 e. The normalized spacial score (nSPS) is 12.6. The first kappa shape index (κ1) is 23.4. The van der Waals surface area contributed by atoms with Crippen LogP contribution in [-0.2, 0) is 26.0 Å². The predicted octanol–water partition coefficient (Wildman–Crippen LogP) is 0.189. The Balaban J connectivity index is 2.37. The van der Waals surface area contributed by atoms with Crippen LogP contribution in [0.3, 0.4) is 0 Å². The summed E-state index contributed by atoms with van der Waals surface area (Å²) in [6, 6.07) is 6.31. The van der Waals surface area contributed by atoms with E-state index in [1.807, 2.05) is 12.1 Å². The van der Waals surface area contributed by atoms with E-state index in [2.05, 4.69) is 15.1 Å². The Kier molecular flexibility index (Phi) is 9.96. The Morgan fingerprint density at radius 2 is 1.96 bits per heavy atom. The number of aryl methyl sites for hydroxylation is 1. The Morgan fingerprint density at radius 3 is 2.54 bits per heavy atom. The maximum atomic E-state index is 12.1. The molecule has 0 unspecified atom stereocenters. The van der Waals surface area contributed by atoms with Gasteiger partial charge in [0, 0.05) is 13.0 Å². The molecule has 1 amide bonds. The molecular formula is C17H26N4O6S. The van der Waals surface area contributed by atoms with E-state index in [9.17, 15) is 18.0 Å². The van der Waals surface area contributed by atoms with Crippen molar-refractivity contribution in [1.29, 1.82) is 0 Å². The van der Waals surface area contributed by atoms with Gasteiger partial charge in [0.1, 0.15) is 11.8 Å². The molecule has 0 saturated carbocycles. The van der Waals surface area contributed by atoms with Gasteiger partial charge in [-0.05, 0) is 43.4 Å².